The van der Waals surface area contributed by atoms with E-state index in [1.165, 1.54) is 17.3 Å². The molecular formula is C17H16ClFN6O3. The summed E-state index contributed by atoms with van der Waals surface area (Å²) in [4.78, 5) is 23.2. The van der Waals surface area contributed by atoms with Gasteiger partial charge >= 0.3 is 0 Å². The molecule has 1 saturated heterocycles. The average molecular weight is 407 g/mol. The van der Waals surface area contributed by atoms with Crippen molar-refractivity contribution in [2.24, 2.45) is 10.3 Å². The topological polar surface area (TPSA) is 96.5 Å². The van der Waals surface area contributed by atoms with Gasteiger partial charge in [0.1, 0.15) is 29.0 Å². The normalized spacial score (nSPS) is 15.6. The minimum atomic E-state index is -0.769. The Morgan fingerprint density at radius 3 is 2.86 bits per heavy atom. The molecule has 3 rings (SSSR count). The van der Waals surface area contributed by atoms with Crippen LogP contribution in [-0.2, 0) is 18.0 Å². The summed E-state index contributed by atoms with van der Waals surface area (Å²) >= 11 is 5.77. The molecule has 0 radical (unpaired) electrons. The molecule has 0 spiro atoms. The van der Waals surface area contributed by atoms with Crippen LogP contribution in [0.25, 0.3) is 0 Å². The first-order valence-corrected chi connectivity index (χ1v) is 8.64. The van der Waals surface area contributed by atoms with E-state index >= 15 is 0 Å². The molecule has 11 heteroatoms. The number of pyridine rings is 1. The van der Waals surface area contributed by atoms with E-state index < -0.39 is 10.8 Å². The van der Waals surface area contributed by atoms with Crippen LogP contribution < -0.4 is 0 Å². The number of nitro groups is 1. The van der Waals surface area contributed by atoms with Crippen molar-refractivity contribution >= 4 is 23.9 Å². The van der Waals surface area contributed by atoms with Crippen LogP contribution in [0.1, 0.15) is 11.1 Å². The molecule has 1 aromatic carbocycles. The maximum absolute atomic E-state index is 13.6. The van der Waals surface area contributed by atoms with Gasteiger partial charge in [0.2, 0.25) is 0 Å². The molecule has 0 aliphatic carbocycles. The summed E-state index contributed by atoms with van der Waals surface area (Å²) in [6, 6.07) is 9.62. The highest BCUT2D eigenvalue weighted by Crippen LogP contribution is 2.14. The first-order valence-electron chi connectivity index (χ1n) is 8.27. The largest absolute Gasteiger partial charge is 0.390 e. The zero-order chi connectivity index (χ0) is 19.9. The summed E-state index contributed by atoms with van der Waals surface area (Å²) < 4.78 is 13.6. The van der Waals surface area contributed by atoms with Crippen molar-refractivity contribution in [3.05, 3.63) is 74.8 Å². The van der Waals surface area contributed by atoms with Gasteiger partial charge in [0, 0.05) is 31.4 Å². The highest BCUT2D eigenvalue weighted by molar-refractivity contribution is 6.29. The average Bonchev–Trinajstić information content (AvgIpc) is 3.03. The molecule has 9 nitrogen and oxygen atoms in total. The molecule has 1 aliphatic heterocycles. The zero-order valence-corrected chi connectivity index (χ0v) is 15.4. The van der Waals surface area contributed by atoms with E-state index in [1.54, 1.807) is 41.4 Å². The Hall–Kier alpha value is -3.27. The van der Waals surface area contributed by atoms with Crippen LogP contribution in [0.15, 0.2) is 52.9 Å². The lowest BCUT2D eigenvalue weighted by atomic mass is 10.2. The van der Waals surface area contributed by atoms with Crippen molar-refractivity contribution in [3.8, 4) is 0 Å². The summed E-state index contributed by atoms with van der Waals surface area (Å²) in [5.41, 5.74) is 1.19. The predicted molar refractivity (Wildman–Crippen MR) is 100 cm³/mol. The molecular weight excluding hydrogens is 391 g/mol. The molecule has 0 N–H and O–H groups in total. The molecule has 0 atom stereocenters. The van der Waals surface area contributed by atoms with E-state index in [1.807, 2.05) is 0 Å². The van der Waals surface area contributed by atoms with Gasteiger partial charge in [-0.25, -0.2) is 19.5 Å². The van der Waals surface area contributed by atoms with Crippen LogP contribution in [0.3, 0.4) is 0 Å². The first kappa shape index (κ1) is 19.5. The number of guanidine groups is 1. The molecule has 0 saturated carbocycles. The van der Waals surface area contributed by atoms with Crippen molar-refractivity contribution in [1.82, 2.24) is 14.8 Å². The van der Waals surface area contributed by atoms with Gasteiger partial charge in [0.15, 0.2) is 5.03 Å². The fraction of sp³-hybridized carbons (Fsp3) is 0.235. The van der Waals surface area contributed by atoms with E-state index in [0.717, 1.165) is 5.56 Å². The maximum atomic E-state index is 13.6. The monoisotopic (exact) mass is 406 g/mol. The van der Waals surface area contributed by atoms with Gasteiger partial charge in [-0.3, -0.25) is 4.90 Å². The molecule has 0 unspecified atom stereocenters. The van der Waals surface area contributed by atoms with E-state index in [4.69, 9.17) is 16.4 Å². The highest BCUT2D eigenvalue weighted by atomic mass is 35.5. The number of hydrogen-bond acceptors (Lipinski definition) is 5. The Morgan fingerprint density at radius 1 is 1.32 bits per heavy atom. The Morgan fingerprint density at radius 2 is 2.14 bits per heavy atom. The number of benzene rings is 1. The Kier molecular flexibility index (Phi) is 6.33. The van der Waals surface area contributed by atoms with E-state index in [2.05, 4.69) is 15.2 Å². The van der Waals surface area contributed by atoms with Crippen LogP contribution in [0.2, 0.25) is 5.15 Å². The third kappa shape index (κ3) is 5.13. The summed E-state index contributed by atoms with van der Waals surface area (Å²) in [7, 11) is 0. The number of nitrogens with zero attached hydrogens (tertiary/aromatic N) is 6. The van der Waals surface area contributed by atoms with Crippen molar-refractivity contribution in [2.45, 2.75) is 13.2 Å². The number of hydrazone groups is 1. The lowest BCUT2D eigenvalue weighted by molar-refractivity contribution is -0.486. The number of halogens is 2. The maximum Gasteiger partial charge on any atom is 0.279 e. The third-order valence-corrected chi connectivity index (χ3v) is 4.15. The number of oxime groups is 1. The van der Waals surface area contributed by atoms with E-state index in [0.29, 0.717) is 30.4 Å². The lowest BCUT2D eigenvalue weighted by Crippen LogP contribution is -2.33. The van der Waals surface area contributed by atoms with Gasteiger partial charge in [-0.15, -0.1) is 0 Å². The van der Waals surface area contributed by atoms with Crippen LogP contribution in [0, 0.1) is 15.9 Å². The summed E-state index contributed by atoms with van der Waals surface area (Å²) in [5.74, 6) is -0.268. The van der Waals surface area contributed by atoms with Crippen LogP contribution in [0.4, 0.5) is 4.39 Å². The Bertz CT molecular complexity index is 893. The second-order valence-corrected chi connectivity index (χ2v) is 6.21. The quantitative estimate of drug-likeness (QED) is 0.230. The van der Waals surface area contributed by atoms with E-state index in [9.17, 15) is 14.5 Å². The zero-order valence-electron chi connectivity index (χ0n) is 14.6. The number of hydrogen-bond donors (Lipinski definition) is 0. The fourth-order valence-electron chi connectivity index (χ4n) is 2.60. The Labute approximate surface area is 164 Å². The molecule has 146 valence electrons. The SMILES string of the molecule is O=[N+]([O-])N=C1N(C=NOCc2ccccc2F)CCN1Cc1ccc(Cl)nc1. The second-order valence-electron chi connectivity index (χ2n) is 5.83. The standard InChI is InChI=1S/C17H16ClFN6O3/c18-16-6-5-13(9-20-16)10-23-7-8-24(17(23)22-25(26)27)12-21-28-11-14-3-1-2-4-15(14)19/h1-6,9,12H,7-8,10-11H2. The van der Waals surface area contributed by atoms with Crippen molar-refractivity contribution in [3.63, 3.8) is 0 Å². The molecule has 1 aromatic heterocycles. The lowest BCUT2D eigenvalue weighted by Gasteiger charge is -2.17. The molecule has 1 aliphatic rings. The summed E-state index contributed by atoms with van der Waals surface area (Å²) in [6.07, 6.45) is 2.89. The minimum Gasteiger partial charge on any atom is -0.390 e. The molecule has 2 aromatic rings. The second kappa shape index (κ2) is 9.09. The molecule has 0 bridgehead atoms. The number of aromatic nitrogens is 1. The predicted octanol–water partition coefficient (Wildman–Crippen LogP) is 2.70. The molecule has 28 heavy (non-hydrogen) atoms. The van der Waals surface area contributed by atoms with Crippen molar-refractivity contribution in [2.75, 3.05) is 13.1 Å². The van der Waals surface area contributed by atoms with Gasteiger partial charge in [0.25, 0.3) is 5.96 Å². The van der Waals surface area contributed by atoms with Gasteiger partial charge in [0.05, 0.1) is 0 Å². The van der Waals surface area contributed by atoms with Gasteiger partial charge < -0.3 is 9.74 Å². The molecule has 0 amide bonds. The third-order valence-electron chi connectivity index (χ3n) is 3.92. The first-order chi connectivity index (χ1) is 13.5. The van der Waals surface area contributed by atoms with Gasteiger partial charge in [-0.1, -0.05) is 41.0 Å². The van der Waals surface area contributed by atoms with Gasteiger partial charge in [-0.2, -0.15) is 0 Å². The smallest absolute Gasteiger partial charge is 0.279 e. The summed E-state index contributed by atoms with van der Waals surface area (Å²) in [5, 5.41) is 17.7. The highest BCUT2D eigenvalue weighted by Gasteiger charge is 2.29. The van der Waals surface area contributed by atoms with Crippen LogP contribution in [0.5, 0.6) is 0 Å². The van der Waals surface area contributed by atoms with Crippen molar-refractivity contribution in [1.29, 1.82) is 0 Å². The fourth-order valence-corrected chi connectivity index (χ4v) is 2.71. The summed E-state index contributed by atoms with van der Waals surface area (Å²) in [6.45, 7) is 1.24. The molecule has 1 fully saturated rings. The number of rotatable bonds is 7. The molecule has 2 heterocycles. The van der Waals surface area contributed by atoms with Crippen molar-refractivity contribution < 1.29 is 14.3 Å². The van der Waals surface area contributed by atoms with Crippen LogP contribution >= 0.6 is 11.6 Å². The Balaban J connectivity index is 1.64. The minimum absolute atomic E-state index is 0.0567. The van der Waals surface area contributed by atoms with Crippen LogP contribution in [-0.4, -0.2) is 45.2 Å². The van der Waals surface area contributed by atoms with E-state index in [-0.39, 0.29) is 12.6 Å². The van der Waals surface area contributed by atoms with Gasteiger partial charge in [-0.05, 0) is 17.7 Å².